The average Bonchev–Trinajstić information content (AvgIpc) is 2.41. The summed E-state index contributed by atoms with van der Waals surface area (Å²) in [7, 11) is 1.22. The first-order chi connectivity index (χ1) is 9.04. The van der Waals surface area contributed by atoms with Crippen LogP contribution in [-0.2, 0) is 4.74 Å². The van der Waals surface area contributed by atoms with E-state index in [0.717, 1.165) is 0 Å². The highest BCUT2D eigenvalue weighted by Gasteiger charge is 2.17. The largest absolute Gasteiger partial charge is 0.513 e. The number of methoxy groups -OCH3 is 1. The molecular weight excluding hydrogens is 314 g/mol. The smallest absolute Gasteiger partial charge is 0.437 e. The van der Waals surface area contributed by atoms with Crippen LogP contribution < -0.4 is 4.74 Å². The highest BCUT2D eigenvalue weighted by atomic mass is 79.9. The fourth-order valence-corrected chi connectivity index (χ4v) is 2.20. The van der Waals surface area contributed by atoms with Gasteiger partial charge in [0.15, 0.2) is 11.5 Å². The van der Waals surface area contributed by atoms with E-state index < -0.39 is 6.16 Å². The summed E-state index contributed by atoms with van der Waals surface area (Å²) in [6, 6.07) is 5.06. The maximum atomic E-state index is 11.6. The van der Waals surface area contributed by atoms with Crippen LogP contribution in [0.1, 0.15) is 17.3 Å². The van der Waals surface area contributed by atoms with Gasteiger partial charge in [0.2, 0.25) is 0 Å². The van der Waals surface area contributed by atoms with Gasteiger partial charge >= 0.3 is 6.16 Å². The molecule has 0 fully saturated rings. The van der Waals surface area contributed by atoms with Crippen molar-refractivity contribution < 1.29 is 19.1 Å². The van der Waals surface area contributed by atoms with Crippen molar-refractivity contribution in [1.82, 2.24) is 4.98 Å². The monoisotopic (exact) mass is 323 g/mol. The second-order valence-corrected chi connectivity index (χ2v) is 4.60. The van der Waals surface area contributed by atoms with Gasteiger partial charge in [-0.05, 0) is 35.0 Å². The number of benzene rings is 1. The van der Waals surface area contributed by atoms with Crippen LogP contribution in [0.4, 0.5) is 4.79 Å². The molecule has 0 radical (unpaired) electrons. The molecule has 6 heteroatoms. The van der Waals surface area contributed by atoms with Crippen LogP contribution in [0, 0.1) is 0 Å². The van der Waals surface area contributed by atoms with Crippen molar-refractivity contribution in [2.45, 2.75) is 6.92 Å². The van der Waals surface area contributed by atoms with E-state index in [1.54, 1.807) is 24.4 Å². The Morgan fingerprint density at radius 3 is 2.74 bits per heavy atom. The summed E-state index contributed by atoms with van der Waals surface area (Å²) in [6.45, 7) is 1.47. The molecule has 0 aliphatic heterocycles. The number of Topliss-reactive ketones (excluding diaryl/α,β-unsaturated/α-hetero) is 1. The number of hydrogen-bond acceptors (Lipinski definition) is 5. The first-order valence-electron chi connectivity index (χ1n) is 5.38. The Bertz CT molecular complexity index is 669. The minimum atomic E-state index is -0.844. The molecule has 1 aromatic carbocycles. The van der Waals surface area contributed by atoms with Crippen LogP contribution in [0.15, 0.2) is 28.9 Å². The van der Waals surface area contributed by atoms with Crippen LogP contribution in [0.3, 0.4) is 0 Å². The summed E-state index contributed by atoms with van der Waals surface area (Å²) in [5.41, 5.74) is 0.930. The van der Waals surface area contributed by atoms with E-state index >= 15 is 0 Å². The molecule has 0 amide bonds. The molecule has 0 saturated heterocycles. The van der Waals surface area contributed by atoms with Gasteiger partial charge in [0.25, 0.3) is 0 Å². The van der Waals surface area contributed by atoms with Crippen molar-refractivity contribution in [3.63, 3.8) is 0 Å². The molecule has 2 rings (SSSR count). The zero-order valence-electron chi connectivity index (χ0n) is 10.3. The Morgan fingerprint density at radius 1 is 1.37 bits per heavy atom. The zero-order valence-corrected chi connectivity index (χ0v) is 11.9. The number of carbonyl (C=O) groups is 2. The minimum Gasteiger partial charge on any atom is -0.437 e. The molecule has 1 aromatic heterocycles. The van der Waals surface area contributed by atoms with Crippen LogP contribution in [0.25, 0.3) is 10.9 Å². The Hall–Kier alpha value is -1.95. The molecule has 98 valence electrons. The zero-order chi connectivity index (χ0) is 14.0. The summed E-state index contributed by atoms with van der Waals surface area (Å²) in [4.78, 5) is 27.0. The van der Waals surface area contributed by atoms with E-state index in [-0.39, 0.29) is 11.5 Å². The van der Waals surface area contributed by atoms with Gasteiger partial charge in [-0.25, -0.2) is 4.79 Å². The van der Waals surface area contributed by atoms with Gasteiger partial charge in [0, 0.05) is 17.1 Å². The molecule has 0 aliphatic carbocycles. The Balaban J connectivity index is 2.72. The lowest BCUT2D eigenvalue weighted by atomic mass is 10.0. The fraction of sp³-hybridized carbons (Fsp3) is 0.154. The summed E-state index contributed by atoms with van der Waals surface area (Å²) < 4.78 is 9.99. The predicted molar refractivity (Wildman–Crippen MR) is 72.5 cm³/mol. The standard InChI is InChI=1S/C13H10BrNO4/c1-7(16)9-6-10(14)12(19-13(17)18-2)11-8(9)4-3-5-15-11/h3-6H,1-2H3. The second kappa shape index (κ2) is 5.36. The molecule has 0 unspecified atom stereocenters. The maximum absolute atomic E-state index is 11.6. The summed E-state index contributed by atoms with van der Waals surface area (Å²) in [5, 5.41) is 0.622. The van der Waals surface area contributed by atoms with Gasteiger partial charge in [-0.15, -0.1) is 0 Å². The number of pyridine rings is 1. The minimum absolute atomic E-state index is 0.0941. The predicted octanol–water partition coefficient (Wildman–Crippen LogP) is 3.35. The highest BCUT2D eigenvalue weighted by molar-refractivity contribution is 9.10. The lowest BCUT2D eigenvalue weighted by Gasteiger charge is -2.10. The van der Waals surface area contributed by atoms with Gasteiger partial charge in [0.05, 0.1) is 11.6 Å². The Labute approximate surface area is 117 Å². The molecule has 0 saturated carbocycles. The normalized spacial score (nSPS) is 10.3. The van der Waals surface area contributed by atoms with E-state index in [1.807, 2.05) is 0 Å². The lowest BCUT2D eigenvalue weighted by Crippen LogP contribution is -2.09. The van der Waals surface area contributed by atoms with E-state index in [2.05, 4.69) is 25.7 Å². The number of carbonyl (C=O) groups excluding carboxylic acids is 2. The van der Waals surface area contributed by atoms with Crippen molar-refractivity contribution in [3.05, 3.63) is 34.4 Å². The number of fused-ring (bicyclic) bond motifs is 1. The van der Waals surface area contributed by atoms with Crippen molar-refractivity contribution in [1.29, 1.82) is 0 Å². The van der Waals surface area contributed by atoms with Crippen molar-refractivity contribution in [2.24, 2.45) is 0 Å². The number of halogens is 1. The van der Waals surface area contributed by atoms with Gasteiger partial charge < -0.3 is 9.47 Å². The van der Waals surface area contributed by atoms with Crippen molar-refractivity contribution in [2.75, 3.05) is 7.11 Å². The third-order valence-electron chi connectivity index (χ3n) is 2.53. The average molecular weight is 324 g/mol. The molecule has 0 aliphatic rings. The van der Waals surface area contributed by atoms with E-state index in [4.69, 9.17) is 4.74 Å². The number of aromatic nitrogens is 1. The Morgan fingerprint density at radius 2 is 2.11 bits per heavy atom. The molecule has 0 atom stereocenters. The molecule has 19 heavy (non-hydrogen) atoms. The van der Waals surface area contributed by atoms with Crippen LogP contribution in [-0.4, -0.2) is 24.0 Å². The molecule has 0 N–H and O–H groups in total. The SMILES string of the molecule is COC(=O)Oc1c(Br)cc(C(C)=O)c2cccnc12. The lowest BCUT2D eigenvalue weighted by molar-refractivity contribution is 0.101. The maximum Gasteiger partial charge on any atom is 0.513 e. The van der Waals surface area contributed by atoms with Crippen LogP contribution >= 0.6 is 15.9 Å². The van der Waals surface area contributed by atoms with E-state index in [9.17, 15) is 9.59 Å². The first-order valence-corrected chi connectivity index (χ1v) is 6.18. The van der Waals surface area contributed by atoms with Gasteiger partial charge in [-0.1, -0.05) is 6.07 Å². The second-order valence-electron chi connectivity index (χ2n) is 3.75. The first kappa shape index (κ1) is 13.5. The topological polar surface area (TPSA) is 65.5 Å². The van der Waals surface area contributed by atoms with Crippen LogP contribution in [0.5, 0.6) is 5.75 Å². The molecule has 0 spiro atoms. The molecule has 0 bridgehead atoms. The van der Waals surface area contributed by atoms with Crippen molar-refractivity contribution in [3.8, 4) is 5.75 Å². The van der Waals surface area contributed by atoms with Gasteiger partial charge in [-0.2, -0.15) is 0 Å². The molecule has 1 heterocycles. The molecular formula is C13H10BrNO4. The summed E-state index contributed by atoms with van der Waals surface area (Å²) in [5.74, 6) is 0.135. The highest BCUT2D eigenvalue weighted by Crippen LogP contribution is 2.35. The Kier molecular flexibility index (Phi) is 3.80. The van der Waals surface area contributed by atoms with Gasteiger partial charge in [0.1, 0.15) is 5.52 Å². The fourth-order valence-electron chi connectivity index (χ4n) is 1.70. The molecule has 2 aromatic rings. The van der Waals surface area contributed by atoms with Gasteiger partial charge in [-0.3, -0.25) is 9.78 Å². The summed E-state index contributed by atoms with van der Waals surface area (Å²) >= 11 is 3.27. The molecule has 5 nitrogen and oxygen atoms in total. The third-order valence-corrected chi connectivity index (χ3v) is 3.12. The number of nitrogens with zero attached hydrogens (tertiary/aromatic N) is 1. The van der Waals surface area contributed by atoms with E-state index in [1.165, 1.54) is 14.0 Å². The number of hydrogen-bond donors (Lipinski definition) is 0. The number of rotatable bonds is 2. The quantitative estimate of drug-likeness (QED) is 0.481. The van der Waals surface area contributed by atoms with E-state index in [0.29, 0.717) is 20.9 Å². The summed E-state index contributed by atoms with van der Waals surface area (Å²) in [6.07, 6.45) is 0.714. The van der Waals surface area contributed by atoms with Crippen molar-refractivity contribution >= 4 is 38.8 Å². The third kappa shape index (κ3) is 2.58. The van der Waals surface area contributed by atoms with Crippen LogP contribution in [0.2, 0.25) is 0 Å². The number of ether oxygens (including phenoxy) is 2. The number of ketones is 1.